The first-order chi connectivity index (χ1) is 9.02. The molecule has 2 aromatic heterocycles. The Balaban J connectivity index is 2.52. The minimum absolute atomic E-state index is 0.294. The molecule has 2 aromatic rings. The largest absolute Gasteiger partial charge is 0.370 e. The molecule has 0 aliphatic heterocycles. The van der Waals surface area contributed by atoms with E-state index in [0.29, 0.717) is 5.92 Å². The van der Waals surface area contributed by atoms with Gasteiger partial charge in [0.2, 0.25) is 0 Å². The van der Waals surface area contributed by atoms with Gasteiger partial charge in [-0.05, 0) is 20.8 Å². The lowest BCUT2D eigenvalue weighted by molar-refractivity contribution is 0.760. The highest BCUT2D eigenvalue weighted by Gasteiger charge is 2.11. The smallest absolute Gasteiger partial charge is 0.143 e. The van der Waals surface area contributed by atoms with Crippen LogP contribution in [0.1, 0.15) is 43.9 Å². The van der Waals surface area contributed by atoms with Gasteiger partial charge in [-0.1, -0.05) is 13.8 Å². The molecule has 0 aliphatic carbocycles. The van der Waals surface area contributed by atoms with Crippen molar-refractivity contribution in [2.75, 3.05) is 11.9 Å². The molecule has 0 fully saturated rings. The van der Waals surface area contributed by atoms with Crippen molar-refractivity contribution in [3.05, 3.63) is 29.6 Å². The molecule has 5 nitrogen and oxygen atoms in total. The average molecular weight is 259 g/mol. The summed E-state index contributed by atoms with van der Waals surface area (Å²) in [5, 5.41) is 3.25. The fourth-order valence-electron chi connectivity index (χ4n) is 1.84. The molecule has 2 heterocycles. The molecule has 0 aliphatic rings. The maximum Gasteiger partial charge on any atom is 0.143 e. The second-order valence-electron chi connectivity index (χ2n) is 4.94. The summed E-state index contributed by atoms with van der Waals surface area (Å²) < 4.78 is 2.00. The highest BCUT2D eigenvalue weighted by atomic mass is 15.1. The van der Waals surface area contributed by atoms with Gasteiger partial charge >= 0.3 is 0 Å². The van der Waals surface area contributed by atoms with E-state index in [1.807, 2.05) is 30.8 Å². The van der Waals surface area contributed by atoms with Crippen molar-refractivity contribution in [1.29, 1.82) is 0 Å². The Labute approximate surface area is 114 Å². The molecule has 0 bridgehead atoms. The van der Waals surface area contributed by atoms with Gasteiger partial charge in [0.05, 0.1) is 5.69 Å². The van der Waals surface area contributed by atoms with E-state index in [0.717, 1.165) is 35.4 Å². The number of hydrogen-bond acceptors (Lipinski definition) is 4. The quantitative estimate of drug-likeness (QED) is 0.917. The van der Waals surface area contributed by atoms with E-state index in [4.69, 9.17) is 0 Å². The number of anilines is 1. The molecule has 0 radical (unpaired) electrons. The predicted octanol–water partition coefficient (Wildman–Crippen LogP) is 2.83. The molecule has 19 heavy (non-hydrogen) atoms. The number of nitrogens with zero attached hydrogens (tertiary/aromatic N) is 4. The number of hydrogen-bond donors (Lipinski definition) is 1. The maximum atomic E-state index is 4.63. The molecular formula is C14H21N5. The molecule has 2 rings (SSSR count). The fraction of sp³-hybridized carbons (Fsp3) is 0.500. The molecule has 0 saturated heterocycles. The van der Waals surface area contributed by atoms with Gasteiger partial charge in [0, 0.05) is 24.2 Å². The van der Waals surface area contributed by atoms with Gasteiger partial charge in [0.1, 0.15) is 23.8 Å². The number of aryl methyl sites for hydroxylation is 1. The zero-order valence-electron chi connectivity index (χ0n) is 12.2. The minimum Gasteiger partial charge on any atom is -0.370 e. The molecule has 0 spiro atoms. The highest BCUT2D eigenvalue weighted by molar-refractivity contribution is 5.43. The molecule has 1 N–H and O–H groups in total. The van der Waals surface area contributed by atoms with E-state index in [2.05, 4.69) is 41.0 Å². The summed E-state index contributed by atoms with van der Waals surface area (Å²) in [6, 6.07) is 1.96. The summed E-state index contributed by atoms with van der Waals surface area (Å²) in [5.41, 5.74) is 2.13. The topological polar surface area (TPSA) is 55.6 Å². The Morgan fingerprint density at radius 1 is 1.26 bits per heavy atom. The van der Waals surface area contributed by atoms with Crippen molar-refractivity contribution in [3.63, 3.8) is 0 Å². The molecular weight excluding hydrogens is 238 g/mol. The van der Waals surface area contributed by atoms with Gasteiger partial charge < -0.3 is 5.32 Å². The van der Waals surface area contributed by atoms with Crippen LogP contribution in [-0.2, 0) is 0 Å². The van der Waals surface area contributed by atoms with Crippen LogP contribution in [0.3, 0.4) is 0 Å². The molecule has 5 heteroatoms. The fourth-order valence-corrected chi connectivity index (χ4v) is 1.84. The summed E-state index contributed by atoms with van der Waals surface area (Å²) in [5.74, 6) is 2.87. The van der Waals surface area contributed by atoms with Crippen LogP contribution in [0.2, 0.25) is 0 Å². The highest BCUT2D eigenvalue weighted by Crippen LogP contribution is 2.18. The Morgan fingerprint density at radius 3 is 2.53 bits per heavy atom. The zero-order valence-corrected chi connectivity index (χ0v) is 12.2. The predicted molar refractivity (Wildman–Crippen MR) is 76.9 cm³/mol. The molecule has 0 saturated carbocycles. The second kappa shape index (κ2) is 5.38. The number of rotatable bonds is 4. The van der Waals surface area contributed by atoms with Gasteiger partial charge in [-0.3, -0.25) is 4.57 Å². The van der Waals surface area contributed by atoms with E-state index in [1.165, 1.54) is 0 Å². The monoisotopic (exact) mass is 259 g/mol. The van der Waals surface area contributed by atoms with Crippen molar-refractivity contribution >= 4 is 5.82 Å². The van der Waals surface area contributed by atoms with Crippen LogP contribution >= 0.6 is 0 Å². The number of imidazole rings is 1. The van der Waals surface area contributed by atoms with Crippen LogP contribution in [0.5, 0.6) is 0 Å². The summed E-state index contributed by atoms with van der Waals surface area (Å²) in [6.07, 6.45) is 1.81. The standard InChI is InChI=1S/C14H21N5/c1-6-15-12-7-13(18-14(17-12)9(2)3)19-8-16-10(4)11(19)5/h7-9H,6H2,1-5H3,(H,15,17,18). The third-order valence-corrected chi connectivity index (χ3v) is 3.10. The van der Waals surface area contributed by atoms with Crippen LogP contribution in [0.4, 0.5) is 5.82 Å². The number of nitrogens with one attached hydrogen (secondary N) is 1. The minimum atomic E-state index is 0.294. The van der Waals surface area contributed by atoms with Gasteiger partial charge in [-0.2, -0.15) is 0 Å². The van der Waals surface area contributed by atoms with E-state index >= 15 is 0 Å². The van der Waals surface area contributed by atoms with Crippen LogP contribution in [-0.4, -0.2) is 26.1 Å². The Morgan fingerprint density at radius 2 is 2.00 bits per heavy atom. The molecule has 0 aromatic carbocycles. The summed E-state index contributed by atoms with van der Waals surface area (Å²) in [7, 11) is 0. The lowest BCUT2D eigenvalue weighted by Gasteiger charge is -2.12. The first-order valence-electron chi connectivity index (χ1n) is 6.66. The van der Waals surface area contributed by atoms with Gasteiger partial charge in [-0.25, -0.2) is 15.0 Å². The van der Waals surface area contributed by atoms with Crippen LogP contribution in [0.15, 0.2) is 12.4 Å². The molecule has 0 unspecified atom stereocenters. The van der Waals surface area contributed by atoms with Crippen molar-refractivity contribution in [2.24, 2.45) is 0 Å². The van der Waals surface area contributed by atoms with Crippen molar-refractivity contribution in [1.82, 2.24) is 19.5 Å². The normalized spacial score (nSPS) is 11.1. The third kappa shape index (κ3) is 2.75. The first-order valence-corrected chi connectivity index (χ1v) is 6.66. The van der Waals surface area contributed by atoms with Gasteiger partial charge in [0.15, 0.2) is 0 Å². The van der Waals surface area contributed by atoms with Crippen LogP contribution in [0, 0.1) is 13.8 Å². The van der Waals surface area contributed by atoms with Crippen LogP contribution < -0.4 is 5.32 Å². The molecule has 102 valence electrons. The van der Waals surface area contributed by atoms with Crippen molar-refractivity contribution < 1.29 is 0 Å². The maximum absolute atomic E-state index is 4.63. The Hall–Kier alpha value is -1.91. The number of aromatic nitrogens is 4. The Bertz CT molecular complexity index is 571. The lowest BCUT2D eigenvalue weighted by Crippen LogP contribution is -2.09. The summed E-state index contributed by atoms with van der Waals surface area (Å²) in [4.78, 5) is 13.5. The first kappa shape index (κ1) is 13.5. The molecule has 0 atom stereocenters. The second-order valence-corrected chi connectivity index (χ2v) is 4.94. The van der Waals surface area contributed by atoms with E-state index < -0.39 is 0 Å². The average Bonchev–Trinajstić information content (AvgIpc) is 2.70. The van der Waals surface area contributed by atoms with Gasteiger partial charge in [-0.15, -0.1) is 0 Å². The van der Waals surface area contributed by atoms with E-state index in [9.17, 15) is 0 Å². The summed E-state index contributed by atoms with van der Waals surface area (Å²) >= 11 is 0. The van der Waals surface area contributed by atoms with E-state index in [-0.39, 0.29) is 0 Å². The summed E-state index contributed by atoms with van der Waals surface area (Å²) in [6.45, 7) is 11.1. The third-order valence-electron chi connectivity index (χ3n) is 3.10. The van der Waals surface area contributed by atoms with Crippen molar-refractivity contribution in [2.45, 2.75) is 40.5 Å². The van der Waals surface area contributed by atoms with Gasteiger partial charge in [0.25, 0.3) is 0 Å². The lowest BCUT2D eigenvalue weighted by atomic mass is 10.2. The van der Waals surface area contributed by atoms with Crippen LogP contribution in [0.25, 0.3) is 5.82 Å². The molecule has 0 amide bonds. The Kier molecular flexibility index (Phi) is 3.83. The SMILES string of the molecule is CCNc1cc(-n2cnc(C)c2C)nc(C(C)C)n1. The van der Waals surface area contributed by atoms with Crippen molar-refractivity contribution in [3.8, 4) is 5.82 Å². The van der Waals surface area contributed by atoms with E-state index in [1.54, 1.807) is 0 Å². The zero-order chi connectivity index (χ0) is 14.0.